The minimum atomic E-state index is -0.563. The van der Waals surface area contributed by atoms with Gasteiger partial charge in [-0.3, -0.25) is 4.79 Å². The van der Waals surface area contributed by atoms with Crippen LogP contribution in [0.3, 0.4) is 0 Å². The average molecular weight is 485 g/mol. The number of benzene rings is 1. The zero-order valence-electron chi connectivity index (χ0n) is 14.0. The van der Waals surface area contributed by atoms with E-state index < -0.39 is 24.5 Å². The third-order valence-corrected chi connectivity index (χ3v) is 6.14. The van der Waals surface area contributed by atoms with Gasteiger partial charge in [0.15, 0.2) is 6.61 Å². The number of hydrogen-bond donors (Lipinski definition) is 1. The highest BCUT2D eigenvalue weighted by atomic mass is 127. The Kier molecular flexibility index (Phi) is 5.92. The van der Waals surface area contributed by atoms with Gasteiger partial charge in [-0.15, -0.1) is 11.3 Å². The summed E-state index contributed by atoms with van der Waals surface area (Å²) in [5, 5.41) is 3.13. The van der Waals surface area contributed by atoms with E-state index in [0.717, 1.165) is 33.3 Å². The quantitative estimate of drug-likeness (QED) is 0.519. The fourth-order valence-electron chi connectivity index (χ4n) is 2.81. The van der Waals surface area contributed by atoms with Gasteiger partial charge in [0.2, 0.25) is 0 Å². The molecule has 3 rings (SSSR count). The van der Waals surface area contributed by atoms with Crippen molar-refractivity contribution in [1.29, 1.82) is 0 Å². The van der Waals surface area contributed by atoms with Gasteiger partial charge in [-0.25, -0.2) is 9.59 Å². The lowest BCUT2D eigenvalue weighted by molar-refractivity contribution is -0.119. The summed E-state index contributed by atoms with van der Waals surface area (Å²) in [5.74, 6) is -1.52. The van der Waals surface area contributed by atoms with Gasteiger partial charge in [0.25, 0.3) is 5.91 Å². The number of halogens is 1. The first kappa shape index (κ1) is 18.8. The maximum atomic E-state index is 12.2. The van der Waals surface area contributed by atoms with Gasteiger partial charge >= 0.3 is 11.9 Å². The largest absolute Gasteiger partial charge is 0.465 e. The summed E-state index contributed by atoms with van der Waals surface area (Å²) < 4.78 is 10.7. The number of anilines is 1. The van der Waals surface area contributed by atoms with Gasteiger partial charge < -0.3 is 14.8 Å². The molecule has 136 valence electrons. The molecule has 1 heterocycles. The molecular formula is C18H16INO5S. The van der Waals surface area contributed by atoms with E-state index in [4.69, 9.17) is 9.47 Å². The lowest BCUT2D eigenvalue weighted by Crippen LogP contribution is -2.22. The molecule has 0 bridgehead atoms. The Bertz CT molecular complexity index is 876. The number of hydrogen-bond acceptors (Lipinski definition) is 6. The maximum absolute atomic E-state index is 12.2. The summed E-state index contributed by atoms with van der Waals surface area (Å²) in [6, 6.07) is 6.97. The van der Waals surface area contributed by atoms with Crippen molar-refractivity contribution in [2.24, 2.45) is 0 Å². The lowest BCUT2D eigenvalue weighted by Gasteiger charge is -2.08. The summed E-state index contributed by atoms with van der Waals surface area (Å²) in [5.41, 5.74) is 1.78. The second-order valence-electron chi connectivity index (χ2n) is 5.66. The van der Waals surface area contributed by atoms with Crippen molar-refractivity contribution in [2.75, 3.05) is 19.0 Å². The number of fused-ring (bicyclic) bond motifs is 1. The van der Waals surface area contributed by atoms with E-state index in [2.05, 4.69) is 5.32 Å². The first-order valence-electron chi connectivity index (χ1n) is 7.95. The normalized spacial score (nSPS) is 12.4. The van der Waals surface area contributed by atoms with E-state index in [1.54, 1.807) is 18.2 Å². The molecule has 0 atom stereocenters. The van der Waals surface area contributed by atoms with E-state index in [1.807, 2.05) is 28.7 Å². The number of carbonyl (C=O) groups excluding carboxylic acids is 3. The fraction of sp³-hybridized carbons (Fsp3) is 0.278. The highest BCUT2D eigenvalue weighted by Crippen LogP contribution is 2.39. The van der Waals surface area contributed by atoms with Crippen molar-refractivity contribution in [3.8, 4) is 0 Å². The van der Waals surface area contributed by atoms with Gasteiger partial charge in [0.1, 0.15) is 5.00 Å². The number of rotatable bonds is 5. The van der Waals surface area contributed by atoms with E-state index in [9.17, 15) is 14.4 Å². The van der Waals surface area contributed by atoms with E-state index in [-0.39, 0.29) is 0 Å². The highest BCUT2D eigenvalue weighted by Gasteiger charge is 2.28. The monoisotopic (exact) mass is 485 g/mol. The molecule has 1 amide bonds. The Hall–Kier alpha value is -1.94. The number of methoxy groups -OCH3 is 1. The number of thiophene rings is 1. The predicted molar refractivity (Wildman–Crippen MR) is 106 cm³/mol. The van der Waals surface area contributed by atoms with Gasteiger partial charge in [0, 0.05) is 8.45 Å². The molecule has 0 saturated carbocycles. The van der Waals surface area contributed by atoms with Crippen LogP contribution in [0.5, 0.6) is 0 Å². The van der Waals surface area contributed by atoms with Gasteiger partial charge in [-0.2, -0.15) is 0 Å². The summed E-state index contributed by atoms with van der Waals surface area (Å²) >= 11 is 3.41. The van der Waals surface area contributed by atoms with Crippen LogP contribution in [0.4, 0.5) is 5.00 Å². The molecule has 8 heteroatoms. The van der Waals surface area contributed by atoms with Crippen LogP contribution in [-0.4, -0.2) is 31.6 Å². The van der Waals surface area contributed by atoms with Crippen LogP contribution in [0.25, 0.3) is 0 Å². The number of ether oxygens (including phenoxy) is 2. The molecule has 26 heavy (non-hydrogen) atoms. The number of nitrogens with one attached hydrogen (secondary N) is 1. The van der Waals surface area contributed by atoms with Crippen molar-refractivity contribution >= 4 is 56.8 Å². The summed E-state index contributed by atoms with van der Waals surface area (Å²) in [6.45, 7) is -0.424. The molecule has 0 aliphatic heterocycles. The molecule has 1 aliphatic rings. The zero-order valence-corrected chi connectivity index (χ0v) is 16.9. The smallest absolute Gasteiger partial charge is 0.341 e. The fourth-order valence-corrected chi connectivity index (χ4v) is 4.71. The summed E-state index contributed by atoms with van der Waals surface area (Å²) in [4.78, 5) is 37.4. The summed E-state index contributed by atoms with van der Waals surface area (Å²) in [7, 11) is 1.32. The number of aryl methyl sites for hydroxylation is 1. The molecule has 0 spiro atoms. The molecule has 2 aromatic rings. The second kappa shape index (κ2) is 8.17. The average Bonchev–Trinajstić information content (AvgIpc) is 3.20. The Morgan fingerprint density at radius 2 is 1.96 bits per heavy atom. The van der Waals surface area contributed by atoms with Crippen molar-refractivity contribution in [3.63, 3.8) is 0 Å². The first-order valence-corrected chi connectivity index (χ1v) is 9.85. The van der Waals surface area contributed by atoms with Crippen LogP contribution in [0.2, 0.25) is 0 Å². The maximum Gasteiger partial charge on any atom is 0.341 e. The number of carbonyl (C=O) groups is 3. The minimum absolute atomic E-state index is 0.409. The standard InChI is InChI=1S/C18H16INO5S/c1-24-18(23)15-11-6-4-8-13(11)26-16(15)20-14(21)9-25-17(22)10-5-2-3-7-12(10)19/h2-3,5,7H,4,6,8-9H2,1H3,(H,20,21). The van der Waals surface area contributed by atoms with E-state index >= 15 is 0 Å². The number of amides is 1. The van der Waals surface area contributed by atoms with Crippen LogP contribution in [-0.2, 0) is 27.1 Å². The Labute approximate surface area is 168 Å². The molecule has 6 nitrogen and oxygen atoms in total. The second-order valence-corrected chi connectivity index (χ2v) is 7.92. The molecule has 1 aromatic heterocycles. The van der Waals surface area contributed by atoms with Gasteiger partial charge in [-0.1, -0.05) is 12.1 Å². The predicted octanol–water partition coefficient (Wildman–Crippen LogP) is 3.42. The third kappa shape index (κ3) is 3.90. The highest BCUT2D eigenvalue weighted by molar-refractivity contribution is 14.1. The topological polar surface area (TPSA) is 81.7 Å². The lowest BCUT2D eigenvalue weighted by atomic mass is 10.1. The van der Waals surface area contributed by atoms with Gasteiger partial charge in [0.05, 0.1) is 18.2 Å². The molecule has 0 radical (unpaired) electrons. The van der Waals surface area contributed by atoms with Crippen molar-refractivity contribution in [2.45, 2.75) is 19.3 Å². The van der Waals surface area contributed by atoms with E-state index in [1.165, 1.54) is 18.4 Å². The SMILES string of the molecule is COC(=O)c1c(NC(=O)COC(=O)c2ccccc2I)sc2c1CCC2. The van der Waals surface area contributed by atoms with Crippen LogP contribution >= 0.6 is 33.9 Å². The molecule has 0 unspecified atom stereocenters. The first-order chi connectivity index (χ1) is 12.5. The zero-order chi connectivity index (χ0) is 18.7. The summed E-state index contributed by atoms with van der Waals surface area (Å²) in [6.07, 6.45) is 2.68. The van der Waals surface area contributed by atoms with Crippen molar-refractivity contribution in [3.05, 3.63) is 49.4 Å². The molecule has 0 saturated heterocycles. The van der Waals surface area contributed by atoms with E-state index in [0.29, 0.717) is 16.1 Å². The molecular weight excluding hydrogens is 469 g/mol. The molecule has 1 aliphatic carbocycles. The van der Waals surface area contributed by atoms with Crippen LogP contribution in [0.15, 0.2) is 24.3 Å². The Morgan fingerprint density at radius 1 is 1.19 bits per heavy atom. The Balaban J connectivity index is 1.67. The molecule has 1 N–H and O–H groups in total. The van der Waals surface area contributed by atoms with Crippen LogP contribution in [0.1, 0.15) is 37.6 Å². The van der Waals surface area contributed by atoms with Crippen LogP contribution < -0.4 is 5.32 Å². The Morgan fingerprint density at radius 3 is 2.69 bits per heavy atom. The molecule has 1 aromatic carbocycles. The molecule has 0 fully saturated rings. The minimum Gasteiger partial charge on any atom is -0.465 e. The van der Waals surface area contributed by atoms with Gasteiger partial charge in [-0.05, 0) is 59.5 Å². The third-order valence-electron chi connectivity index (χ3n) is 3.99. The van der Waals surface area contributed by atoms with Crippen molar-refractivity contribution in [1.82, 2.24) is 0 Å². The van der Waals surface area contributed by atoms with Crippen LogP contribution in [0, 0.1) is 3.57 Å². The number of esters is 2. The van der Waals surface area contributed by atoms with Crippen molar-refractivity contribution < 1.29 is 23.9 Å².